The van der Waals surface area contributed by atoms with Gasteiger partial charge in [-0.2, -0.15) is 0 Å². The Morgan fingerprint density at radius 1 is 0.793 bits per heavy atom. The summed E-state index contributed by atoms with van der Waals surface area (Å²) in [5.41, 5.74) is -0.0691. The van der Waals surface area contributed by atoms with Crippen LogP contribution in [0.5, 0.6) is 0 Å². The van der Waals surface area contributed by atoms with E-state index in [0.29, 0.717) is 37.0 Å². The maximum absolute atomic E-state index is 13.3. The molecule has 0 radical (unpaired) electrons. The second-order valence-electron chi connectivity index (χ2n) is 6.48. The molecule has 2 aromatic rings. The van der Waals surface area contributed by atoms with Crippen LogP contribution in [0.15, 0.2) is 57.2 Å². The van der Waals surface area contributed by atoms with Crippen LogP contribution in [0.25, 0.3) is 0 Å². The first-order chi connectivity index (χ1) is 13.7. The Morgan fingerprint density at radius 3 is 2.21 bits per heavy atom. The van der Waals surface area contributed by atoms with Crippen molar-refractivity contribution in [1.29, 1.82) is 0 Å². The van der Waals surface area contributed by atoms with E-state index < -0.39 is 36.6 Å². The van der Waals surface area contributed by atoms with Crippen molar-refractivity contribution in [3.05, 3.63) is 54.1 Å². The molecule has 0 atom stereocenters. The van der Waals surface area contributed by atoms with Crippen molar-refractivity contribution >= 4 is 31.6 Å². The molecule has 0 spiro atoms. The molecule has 2 N–H and O–H groups in total. The van der Waals surface area contributed by atoms with E-state index in [1.165, 1.54) is 18.2 Å². The summed E-state index contributed by atoms with van der Waals surface area (Å²) in [5.74, 6) is -1.73. The maximum atomic E-state index is 13.3. The van der Waals surface area contributed by atoms with Gasteiger partial charge in [-0.25, -0.2) is 25.6 Å². The molecule has 1 aliphatic rings. The SMILES string of the molecule is O=S(=O)(NC1=NCCCCC1)c1cccc(NS(=O)(=O)c2cc(F)cc(F)c2)c1. The summed E-state index contributed by atoms with van der Waals surface area (Å²) in [6, 6.07) is 6.98. The minimum absolute atomic E-state index is 0.0691. The van der Waals surface area contributed by atoms with Gasteiger partial charge in [0, 0.05) is 19.0 Å². The summed E-state index contributed by atoms with van der Waals surface area (Å²) >= 11 is 0. The molecule has 1 aliphatic heterocycles. The number of nitrogens with one attached hydrogen (secondary N) is 2. The minimum atomic E-state index is -4.32. The second kappa shape index (κ2) is 8.46. The summed E-state index contributed by atoms with van der Waals surface area (Å²) < 4.78 is 81.3. The van der Waals surface area contributed by atoms with E-state index in [2.05, 4.69) is 14.4 Å². The third-order valence-corrected chi connectivity index (χ3v) is 6.91. The zero-order valence-corrected chi connectivity index (χ0v) is 16.9. The van der Waals surface area contributed by atoms with Gasteiger partial charge in [0.15, 0.2) is 0 Å². The van der Waals surface area contributed by atoms with E-state index in [1.807, 2.05) is 0 Å². The molecular weight excluding hydrogens is 424 g/mol. The molecule has 0 aliphatic carbocycles. The fourth-order valence-electron chi connectivity index (χ4n) is 2.80. The number of aliphatic imine (C=N–C) groups is 1. The molecular formula is C18H19F2N3O4S2. The van der Waals surface area contributed by atoms with Crippen LogP contribution in [-0.2, 0) is 20.0 Å². The van der Waals surface area contributed by atoms with Crippen molar-refractivity contribution in [3.63, 3.8) is 0 Å². The van der Waals surface area contributed by atoms with Gasteiger partial charge in [0.2, 0.25) is 0 Å². The van der Waals surface area contributed by atoms with Crippen LogP contribution >= 0.6 is 0 Å². The molecule has 0 aromatic heterocycles. The molecule has 3 rings (SSSR count). The van der Waals surface area contributed by atoms with Crippen LogP contribution in [0.2, 0.25) is 0 Å². The molecule has 156 valence electrons. The quantitative estimate of drug-likeness (QED) is 0.741. The molecule has 1 heterocycles. The van der Waals surface area contributed by atoms with E-state index in [9.17, 15) is 25.6 Å². The summed E-state index contributed by atoms with van der Waals surface area (Å²) in [4.78, 5) is 3.43. The van der Waals surface area contributed by atoms with Gasteiger partial charge in [0.1, 0.15) is 17.5 Å². The number of benzene rings is 2. The highest BCUT2D eigenvalue weighted by Crippen LogP contribution is 2.21. The van der Waals surface area contributed by atoms with Gasteiger partial charge >= 0.3 is 0 Å². The first kappa shape index (κ1) is 21.2. The third-order valence-electron chi connectivity index (χ3n) is 4.17. The Bertz CT molecular complexity index is 1130. The zero-order chi connectivity index (χ0) is 21.1. The predicted molar refractivity (Wildman–Crippen MR) is 105 cm³/mol. The lowest BCUT2D eigenvalue weighted by Crippen LogP contribution is -2.30. The van der Waals surface area contributed by atoms with Crippen molar-refractivity contribution in [2.75, 3.05) is 11.3 Å². The third kappa shape index (κ3) is 5.51. The molecule has 11 heteroatoms. The highest BCUT2D eigenvalue weighted by atomic mass is 32.2. The number of anilines is 1. The zero-order valence-electron chi connectivity index (χ0n) is 15.2. The van der Waals surface area contributed by atoms with Gasteiger partial charge in [-0.3, -0.25) is 14.4 Å². The van der Waals surface area contributed by atoms with Crippen molar-refractivity contribution in [2.45, 2.75) is 35.5 Å². The molecule has 7 nitrogen and oxygen atoms in total. The van der Waals surface area contributed by atoms with Crippen LogP contribution in [-0.4, -0.2) is 29.2 Å². The maximum Gasteiger partial charge on any atom is 0.262 e. The standard InChI is InChI=1S/C18H19F2N3O4S2/c19-13-9-14(20)11-17(10-13)29(26,27)22-15-5-4-6-16(12-15)28(24,25)23-18-7-2-1-3-8-21-18/h4-6,9-12,22H,1-3,7-8H2,(H,21,23). The molecule has 2 aromatic carbocycles. The van der Waals surface area contributed by atoms with Crippen LogP contribution in [0.1, 0.15) is 25.7 Å². The summed E-state index contributed by atoms with van der Waals surface area (Å²) in [6.45, 7) is 0.544. The van der Waals surface area contributed by atoms with Crippen molar-refractivity contribution in [3.8, 4) is 0 Å². The van der Waals surface area contributed by atoms with E-state index in [1.54, 1.807) is 0 Å². The summed E-state index contributed by atoms with van der Waals surface area (Å²) in [7, 11) is -8.29. The second-order valence-corrected chi connectivity index (χ2v) is 9.85. The Balaban J connectivity index is 1.84. The fraction of sp³-hybridized carbons (Fsp3) is 0.278. The van der Waals surface area contributed by atoms with Gasteiger partial charge in [-0.15, -0.1) is 0 Å². The number of amidine groups is 1. The predicted octanol–water partition coefficient (Wildman–Crippen LogP) is 3.02. The van der Waals surface area contributed by atoms with Gasteiger partial charge in [0.05, 0.1) is 15.5 Å². The lowest BCUT2D eigenvalue weighted by Gasteiger charge is -2.12. The van der Waals surface area contributed by atoms with Crippen molar-refractivity contribution in [1.82, 2.24) is 4.72 Å². The van der Waals surface area contributed by atoms with Crippen LogP contribution < -0.4 is 9.44 Å². The van der Waals surface area contributed by atoms with E-state index in [0.717, 1.165) is 25.3 Å². The average molecular weight is 443 g/mol. The number of nitrogens with zero attached hydrogens (tertiary/aromatic N) is 1. The van der Waals surface area contributed by atoms with E-state index >= 15 is 0 Å². The average Bonchev–Trinajstić information content (AvgIpc) is 2.89. The molecule has 29 heavy (non-hydrogen) atoms. The van der Waals surface area contributed by atoms with Crippen LogP contribution in [0.4, 0.5) is 14.5 Å². The van der Waals surface area contributed by atoms with Gasteiger partial charge in [-0.05, 0) is 43.2 Å². The fourth-order valence-corrected chi connectivity index (χ4v) is 5.02. The number of sulfonamides is 2. The largest absolute Gasteiger partial charge is 0.280 e. The topological polar surface area (TPSA) is 105 Å². The van der Waals surface area contributed by atoms with Crippen molar-refractivity contribution in [2.24, 2.45) is 4.99 Å². The van der Waals surface area contributed by atoms with Crippen LogP contribution in [0.3, 0.4) is 0 Å². The van der Waals surface area contributed by atoms with Gasteiger partial charge in [0.25, 0.3) is 20.0 Å². The molecule has 0 amide bonds. The summed E-state index contributed by atoms with van der Waals surface area (Å²) in [6.07, 6.45) is 3.19. The first-order valence-corrected chi connectivity index (χ1v) is 11.8. The molecule has 0 unspecified atom stereocenters. The normalized spacial score (nSPS) is 15.3. The minimum Gasteiger partial charge on any atom is -0.280 e. The molecule has 0 fully saturated rings. The smallest absolute Gasteiger partial charge is 0.262 e. The van der Waals surface area contributed by atoms with E-state index in [-0.39, 0.29) is 10.6 Å². The lowest BCUT2D eigenvalue weighted by molar-refractivity contribution is 0.568. The Labute approximate surface area is 168 Å². The highest BCUT2D eigenvalue weighted by molar-refractivity contribution is 7.92. The number of hydrogen-bond donors (Lipinski definition) is 2. The van der Waals surface area contributed by atoms with Gasteiger partial charge < -0.3 is 0 Å². The number of rotatable bonds is 5. The molecule has 0 bridgehead atoms. The van der Waals surface area contributed by atoms with Crippen LogP contribution in [0, 0.1) is 11.6 Å². The molecule has 0 saturated carbocycles. The van der Waals surface area contributed by atoms with E-state index in [4.69, 9.17) is 0 Å². The number of halogens is 2. The Morgan fingerprint density at radius 2 is 1.48 bits per heavy atom. The monoisotopic (exact) mass is 443 g/mol. The first-order valence-electron chi connectivity index (χ1n) is 8.81. The van der Waals surface area contributed by atoms with Gasteiger partial charge in [-0.1, -0.05) is 12.5 Å². The number of hydrogen-bond acceptors (Lipinski definition) is 5. The summed E-state index contributed by atoms with van der Waals surface area (Å²) in [5, 5.41) is 0. The van der Waals surface area contributed by atoms with Crippen molar-refractivity contribution < 1.29 is 25.6 Å². The Kier molecular flexibility index (Phi) is 6.18. The molecule has 0 saturated heterocycles. The highest BCUT2D eigenvalue weighted by Gasteiger charge is 2.20. The lowest BCUT2D eigenvalue weighted by atomic mass is 10.2. The Hall–Kier alpha value is -2.53.